The quantitative estimate of drug-likeness (QED) is 0.382. The van der Waals surface area contributed by atoms with Gasteiger partial charge in [0, 0.05) is 5.92 Å². The molecular formula is C28H26N2O6. The first kappa shape index (κ1) is 22.7. The monoisotopic (exact) mass is 486 g/mol. The highest BCUT2D eigenvalue weighted by molar-refractivity contribution is 6.24. The van der Waals surface area contributed by atoms with Gasteiger partial charge in [-0.1, -0.05) is 42.0 Å². The van der Waals surface area contributed by atoms with Crippen LogP contribution in [0.2, 0.25) is 0 Å². The molecule has 8 nitrogen and oxygen atoms in total. The van der Waals surface area contributed by atoms with E-state index >= 15 is 0 Å². The Labute approximate surface area is 207 Å². The summed E-state index contributed by atoms with van der Waals surface area (Å²) in [6.45, 7) is 3.59. The Morgan fingerprint density at radius 2 is 1.67 bits per heavy atom. The average Bonchev–Trinajstić information content (AvgIpc) is 3.21. The third kappa shape index (κ3) is 2.79. The van der Waals surface area contributed by atoms with E-state index in [2.05, 4.69) is 0 Å². The van der Waals surface area contributed by atoms with Gasteiger partial charge in [-0.2, -0.15) is 5.06 Å². The van der Waals surface area contributed by atoms with Gasteiger partial charge < -0.3 is 5.11 Å². The lowest BCUT2D eigenvalue weighted by Crippen LogP contribution is -2.48. The molecule has 2 heterocycles. The second-order valence-corrected chi connectivity index (χ2v) is 10.5. The molecule has 2 N–H and O–H groups in total. The molecule has 4 aliphatic rings. The van der Waals surface area contributed by atoms with Crippen molar-refractivity contribution in [2.45, 2.75) is 32.6 Å². The lowest BCUT2D eigenvalue weighted by atomic mass is 9.51. The molecule has 184 valence electrons. The van der Waals surface area contributed by atoms with E-state index in [9.17, 15) is 29.5 Å². The highest BCUT2D eigenvalue weighted by atomic mass is 16.5. The molecule has 0 spiro atoms. The predicted molar refractivity (Wildman–Crippen MR) is 128 cm³/mol. The Hall–Kier alpha value is -3.78. The van der Waals surface area contributed by atoms with Gasteiger partial charge in [0.15, 0.2) is 0 Å². The number of carbonyl (C=O) groups is 4. The van der Waals surface area contributed by atoms with Gasteiger partial charge in [0.2, 0.25) is 11.8 Å². The number of phenolic OH excluding ortho intramolecular Hbond substituents is 1. The molecule has 3 fully saturated rings. The van der Waals surface area contributed by atoms with Crippen molar-refractivity contribution in [3.8, 4) is 5.75 Å². The van der Waals surface area contributed by atoms with Gasteiger partial charge in [-0.3, -0.25) is 24.4 Å². The van der Waals surface area contributed by atoms with Crippen LogP contribution in [0.15, 0.2) is 60.2 Å². The molecule has 0 radical (unpaired) electrons. The first-order valence-corrected chi connectivity index (χ1v) is 12.2. The summed E-state index contributed by atoms with van der Waals surface area (Å²) in [5, 5.41) is 20.5. The van der Waals surface area contributed by atoms with E-state index in [4.69, 9.17) is 0 Å². The molecule has 2 aromatic carbocycles. The van der Waals surface area contributed by atoms with Gasteiger partial charge in [-0.25, -0.2) is 4.90 Å². The fraction of sp³-hybridized carbons (Fsp3) is 0.357. The molecule has 4 amide bonds. The Balaban J connectivity index is 1.55. The fourth-order valence-corrected chi connectivity index (χ4v) is 7.06. The molecule has 6 atom stereocenters. The number of imide groups is 2. The molecule has 0 aromatic heterocycles. The third-order valence-corrected chi connectivity index (χ3v) is 8.82. The highest BCUT2D eigenvalue weighted by Crippen LogP contribution is 2.63. The number of hydrogen-bond acceptors (Lipinski definition) is 6. The molecule has 2 aromatic rings. The second kappa shape index (κ2) is 7.61. The van der Waals surface area contributed by atoms with Crippen LogP contribution in [-0.2, 0) is 19.2 Å². The number of aryl methyl sites for hydroxylation is 1. The van der Waals surface area contributed by atoms with Crippen molar-refractivity contribution in [1.29, 1.82) is 0 Å². The number of para-hydroxylation sites is 1. The van der Waals surface area contributed by atoms with Crippen LogP contribution in [0.3, 0.4) is 0 Å². The number of carbonyl (C=O) groups excluding carboxylic acids is 4. The minimum atomic E-state index is -1.13. The summed E-state index contributed by atoms with van der Waals surface area (Å²) in [6.07, 6.45) is 2.43. The summed E-state index contributed by atoms with van der Waals surface area (Å²) >= 11 is 0. The number of aromatic hydroxyl groups is 1. The van der Waals surface area contributed by atoms with Crippen molar-refractivity contribution < 1.29 is 29.5 Å². The van der Waals surface area contributed by atoms with Gasteiger partial charge in [-0.05, 0) is 61.9 Å². The third-order valence-electron chi connectivity index (χ3n) is 8.82. The zero-order valence-corrected chi connectivity index (χ0v) is 19.9. The van der Waals surface area contributed by atoms with Crippen LogP contribution >= 0.6 is 0 Å². The largest absolute Gasteiger partial charge is 0.508 e. The van der Waals surface area contributed by atoms with Crippen LogP contribution in [0.1, 0.15) is 36.8 Å². The first-order valence-electron chi connectivity index (χ1n) is 12.2. The molecular weight excluding hydrogens is 460 g/mol. The number of rotatable bonds is 2. The van der Waals surface area contributed by atoms with Gasteiger partial charge in [0.05, 0.1) is 28.9 Å². The van der Waals surface area contributed by atoms with E-state index in [-0.39, 0.29) is 35.5 Å². The minimum absolute atomic E-state index is 0.123. The molecule has 8 heteroatoms. The lowest BCUT2D eigenvalue weighted by Gasteiger charge is -2.49. The standard InChI is InChI=1S/C28H26N2O6/c1-14-12-15(8-11-21(14)31)23-17-9-10-18-22(26(34)30(36)24(18)32)19(17)13-20-25(33)29(27(35)28(20,23)2)16-6-4-3-5-7-16/h3-9,11-12,18-20,22-23,31,36H,10,13H2,1-2H3. The molecule has 6 unspecified atom stereocenters. The average molecular weight is 487 g/mol. The van der Waals surface area contributed by atoms with E-state index in [1.807, 2.05) is 25.1 Å². The second-order valence-electron chi connectivity index (χ2n) is 10.5. The van der Waals surface area contributed by atoms with Crippen LogP contribution in [0.25, 0.3) is 0 Å². The summed E-state index contributed by atoms with van der Waals surface area (Å²) in [7, 11) is 0. The van der Waals surface area contributed by atoms with E-state index in [1.165, 1.54) is 4.90 Å². The number of benzene rings is 2. The Kier molecular flexibility index (Phi) is 4.79. The first-order chi connectivity index (χ1) is 17.2. The topological polar surface area (TPSA) is 115 Å². The molecule has 2 aliphatic carbocycles. The number of fused-ring (bicyclic) bond motifs is 4. The van der Waals surface area contributed by atoms with Gasteiger partial charge in [0.1, 0.15) is 5.75 Å². The van der Waals surface area contributed by atoms with Crippen molar-refractivity contribution in [2.75, 3.05) is 4.90 Å². The van der Waals surface area contributed by atoms with Gasteiger partial charge in [0.25, 0.3) is 11.8 Å². The number of anilines is 1. The van der Waals surface area contributed by atoms with Crippen molar-refractivity contribution >= 4 is 29.3 Å². The molecule has 1 saturated carbocycles. The lowest BCUT2D eigenvalue weighted by molar-refractivity contribution is -0.173. The number of hydrogen-bond donors (Lipinski definition) is 2. The number of phenols is 1. The van der Waals surface area contributed by atoms with Crippen molar-refractivity contribution in [3.63, 3.8) is 0 Å². The molecule has 2 saturated heterocycles. The van der Waals surface area contributed by atoms with E-state index in [0.29, 0.717) is 11.3 Å². The normalized spacial score (nSPS) is 33.4. The summed E-state index contributed by atoms with van der Waals surface area (Å²) < 4.78 is 0. The van der Waals surface area contributed by atoms with Gasteiger partial charge in [-0.15, -0.1) is 0 Å². The maximum Gasteiger partial charge on any atom is 0.257 e. The maximum absolute atomic E-state index is 14.1. The number of nitrogens with zero attached hydrogens (tertiary/aromatic N) is 2. The Morgan fingerprint density at radius 1 is 0.944 bits per heavy atom. The Morgan fingerprint density at radius 3 is 2.36 bits per heavy atom. The van der Waals surface area contributed by atoms with Crippen molar-refractivity contribution in [3.05, 3.63) is 71.3 Å². The molecule has 0 bridgehead atoms. The fourth-order valence-electron chi connectivity index (χ4n) is 7.06. The Bertz CT molecular complexity index is 1370. The van der Waals surface area contributed by atoms with Crippen LogP contribution < -0.4 is 4.90 Å². The van der Waals surface area contributed by atoms with E-state index < -0.39 is 46.8 Å². The van der Waals surface area contributed by atoms with Crippen LogP contribution in [0.4, 0.5) is 5.69 Å². The van der Waals surface area contributed by atoms with Crippen molar-refractivity contribution in [2.24, 2.45) is 29.1 Å². The van der Waals surface area contributed by atoms with Crippen LogP contribution in [0.5, 0.6) is 5.75 Å². The SMILES string of the molecule is Cc1cc(C2C3=CCC4C(=O)N(O)C(=O)C4C3CC3C(=O)N(c4ccccc4)C(=O)C32C)ccc1O. The van der Waals surface area contributed by atoms with Gasteiger partial charge >= 0.3 is 0 Å². The number of allylic oxidation sites excluding steroid dienone is 2. The van der Waals surface area contributed by atoms with E-state index in [1.54, 1.807) is 43.3 Å². The van der Waals surface area contributed by atoms with Crippen LogP contribution in [0, 0.1) is 36.0 Å². The van der Waals surface area contributed by atoms with E-state index in [0.717, 1.165) is 11.1 Å². The summed E-state index contributed by atoms with van der Waals surface area (Å²) in [4.78, 5) is 54.8. The predicted octanol–water partition coefficient (Wildman–Crippen LogP) is 3.32. The smallest absolute Gasteiger partial charge is 0.257 e. The maximum atomic E-state index is 14.1. The highest BCUT2D eigenvalue weighted by Gasteiger charge is 2.67. The number of hydroxylamine groups is 2. The minimum Gasteiger partial charge on any atom is -0.508 e. The van der Waals surface area contributed by atoms with Crippen molar-refractivity contribution in [1.82, 2.24) is 5.06 Å². The summed E-state index contributed by atoms with van der Waals surface area (Å²) in [5.74, 6) is -4.97. The molecule has 6 rings (SSSR count). The molecule has 2 aliphatic heterocycles. The van der Waals surface area contributed by atoms with Crippen LogP contribution in [-0.4, -0.2) is 39.0 Å². The summed E-state index contributed by atoms with van der Waals surface area (Å²) in [5.41, 5.74) is 1.60. The number of amides is 4. The zero-order valence-electron chi connectivity index (χ0n) is 19.9. The molecule has 36 heavy (non-hydrogen) atoms. The zero-order chi connectivity index (χ0) is 25.5. The summed E-state index contributed by atoms with van der Waals surface area (Å²) in [6, 6.07) is 14.0.